The van der Waals surface area contributed by atoms with Gasteiger partial charge in [0, 0.05) is 51.2 Å². The van der Waals surface area contributed by atoms with Gasteiger partial charge in [-0.15, -0.1) is 0 Å². The van der Waals surface area contributed by atoms with Gasteiger partial charge in [-0.2, -0.15) is 4.31 Å². The SMILES string of the molecule is O=C(O)C(=O)O.O=[N+]([O-])c1ccccc1S(=O)(=O)N1CCN(Cc2ccncc2)CC1. The minimum atomic E-state index is -3.88. The van der Waals surface area contributed by atoms with Gasteiger partial charge in [-0.1, -0.05) is 12.1 Å². The summed E-state index contributed by atoms with van der Waals surface area (Å²) in [6, 6.07) is 9.32. The van der Waals surface area contributed by atoms with Crippen molar-refractivity contribution in [1.82, 2.24) is 14.2 Å². The van der Waals surface area contributed by atoms with Crippen LogP contribution in [0, 0.1) is 10.1 Å². The molecule has 0 saturated carbocycles. The highest BCUT2D eigenvalue weighted by atomic mass is 32.2. The first-order valence-corrected chi connectivity index (χ1v) is 10.4. The van der Waals surface area contributed by atoms with Gasteiger partial charge in [0.1, 0.15) is 0 Å². The van der Waals surface area contributed by atoms with Crippen molar-refractivity contribution in [2.24, 2.45) is 0 Å². The summed E-state index contributed by atoms with van der Waals surface area (Å²) in [6.45, 7) is 2.48. The summed E-state index contributed by atoms with van der Waals surface area (Å²) in [6.07, 6.45) is 3.45. The predicted octanol–water partition coefficient (Wildman–Crippen LogP) is 0.652. The number of carbonyl (C=O) groups is 2. The van der Waals surface area contributed by atoms with Crippen LogP contribution in [-0.2, 0) is 26.2 Å². The van der Waals surface area contributed by atoms with Gasteiger partial charge < -0.3 is 10.2 Å². The summed E-state index contributed by atoms with van der Waals surface area (Å²) in [4.78, 5) is 34.5. The predicted molar refractivity (Wildman–Crippen MR) is 107 cm³/mol. The molecule has 1 aliphatic heterocycles. The lowest BCUT2D eigenvalue weighted by Gasteiger charge is -2.33. The van der Waals surface area contributed by atoms with Crippen LogP contribution in [0.2, 0.25) is 0 Å². The average molecular weight is 452 g/mol. The largest absolute Gasteiger partial charge is 0.473 e. The molecule has 1 aromatic carbocycles. The summed E-state index contributed by atoms with van der Waals surface area (Å²) < 4.78 is 26.9. The zero-order valence-corrected chi connectivity index (χ0v) is 17.0. The quantitative estimate of drug-likeness (QED) is 0.373. The molecule has 1 aliphatic rings. The van der Waals surface area contributed by atoms with Crippen LogP contribution < -0.4 is 0 Å². The lowest BCUT2D eigenvalue weighted by atomic mass is 10.2. The fraction of sp³-hybridized carbons (Fsp3) is 0.278. The highest BCUT2D eigenvalue weighted by molar-refractivity contribution is 7.89. The summed E-state index contributed by atoms with van der Waals surface area (Å²) in [5, 5.41) is 25.9. The first kappa shape index (κ1) is 23.9. The second kappa shape index (κ2) is 10.6. The first-order chi connectivity index (χ1) is 14.6. The van der Waals surface area contributed by atoms with Crippen LogP contribution in [0.1, 0.15) is 5.56 Å². The molecule has 0 radical (unpaired) electrons. The number of hydrogen-bond acceptors (Lipinski definition) is 8. The fourth-order valence-corrected chi connectivity index (χ4v) is 4.42. The Labute approximate surface area is 177 Å². The number of sulfonamides is 1. The lowest BCUT2D eigenvalue weighted by Crippen LogP contribution is -2.48. The van der Waals surface area contributed by atoms with E-state index in [1.807, 2.05) is 12.1 Å². The van der Waals surface area contributed by atoms with Crippen molar-refractivity contribution in [2.75, 3.05) is 26.2 Å². The van der Waals surface area contributed by atoms with E-state index < -0.39 is 26.9 Å². The zero-order chi connectivity index (χ0) is 23.0. The van der Waals surface area contributed by atoms with E-state index >= 15 is 0 Å². The molecule has 3 rings (SSSR count). The summed E-state index contributed by atoms with van der Waals surface area (Å²) in [5.74, 6) is -3.65. The Morgan fingerprint density at radius 2 is 1.55 bits per heavy atom. The van der Waals surface area contributed by atoms with E-state index in [9.17, 15) is 18.5 Å². The van der Waals surface area contributed by atoms with Crippen molar-refractivity contribution in [2.45, 2.75) is 11.4 Å². The average Bonchev–Trinajstić information content (AvgIpc) is 2.75. The zero-order valence-electron chi connectivity index (χ0n) is 16.2. The van der Waals surface area contributed by atoms with E-state index in [4.69, 9.17) is 19.8 Å². The Hall–Kier alpha value is -3.42. The normalized spacial score (nSPS) is 14.8. The molecule has 0 atom stereocenters. The second-order valence-corrected chi connectivity index (χ2v) is 8.28. The molecule has 0 bridgehead atoms. The van der Waals surface area contributed by atoms with E-state index in [-0.39, 0.29) is 10.6 Å². The minimum absolute atomic E-state index is 0.248. The van der Waals surface area contributed by atoms with Crippen molar-refractivity contribution in [3.63, 3.8) is 0 Å². The number of nitro groups is 1. The monoisotopic (exact) mass is 452 g/mol. The number of benzene rings is 1. The number of para-hydroxylation sites is 1. The van der Waals surface area contributed by atoms with Gasteiger partial charge in [-0.3, -0.25) is 20.0 Å². The fourth-order valence-electron chi connectivity index (χ4n) is 2.84. The minimum Gasteiger partial charge on any atom is -0.473 e. The van der Waals surface area contributed by atoms with Crippen molar-refractivity contribution in [3.05, 3.63) is 64.5 Å². The van der Waals surface area contributed by atoms with Crippen LogP contribution in [0.25, 0.3) is 0 Å². The van der Waals surface area contributed by atoms with Gasteiger partial charge >= 0.3 is 11.9 Å². The van der Waals surface area contributed by atoms with Crippen LogP contribution >= 0.6 is 0 Å². The van der Waals surface area contributed by atoms with E-state index in [1.54, 1.807) is 12.4 Å². The third-order valence-corrected chi connectivity index (χ3v) is 6.30. The maximum atomic E-state index is 12.8. The van der Waals surface area contributed by atoms with E-state index in [1.165, 1.54) is 28.6 Å². The number of aromatic nitrogens is 1. The maximum absolute atomic E-state index is 12.8. The number of piperazine rings is 1. The molecule has 1 fully saturated rings. The highest BCUT2D eigenvalue weighted by Gasteiger charge is 2.33. The second-order valence-electron chi connectivity index (χ2n) is 6.37. The Morgan fingerprint density at radius 3 is 2.06 bits per heavy atom. The number of rotatable bonds is 5. The number of hydrogen-bond donors (Lipinski definition) is 2. The standard InChI is InChI=1S/C16H18N4O4S.C2H2O4/c21-20(22)15-3-1-2-4-16(15)25(23,24)19-11-9-18(10-12-19)13-14-5-7-17-8-6-14;3-1(4)2(5)6/h1-8H,9-13H2;(H,3,4)(H,5,6). The molecule has 12 nitrogen and oxygen atoms in total. The molecule has 0 unspecified atom stereocenters. The molecule has 1 aromatic heterocycles. The van der Waals surface area contributed by atoms with Crippen LogP contribution in [0.5, 0.6) is 0 Å². The van der Waals surface area contributed by atoms with E-state index in [0.717, 1.165) is 12.1 Å². The van der Waals surface area contributed by atoms with E-state index in [0.29, 0.717) is 26.2 Å². The van der Waals surface area contributed by atoms with Crippen molar-refractivity contribution < 1.29 is 33.1 Å². The molecule has 13 heteroatoms. The highest BCUT2D eigenvalue weighted by Crippen LogP contribution is 2.27. The molecule has 0 spiro atoms. The first-order valence-electron chi connectivity index (χ1n) is 8.94. The van der Waals surface area contributed by atoms with Gasteiger partial charge in [0.15, 0.2) is 4.90 Å². The molecular weight excluding hydrogens is 432 g/mol. The van der Waals surface area contributed by atoms with Gasteiger partial charge in [0.05, 0.1) is 4.92 Å². The Bertz CT molecular complexity index is 1030. The maximum Gasteiger partial charge on any atom is 0.414 e. The molecule has 2 heterocycles. The van der Waals surface area contributed by atoms with Crippen LogP contribution in [0.4, 0.5) is 5.69 Å². The van der Waals surface area contributed by atoms with Crippen LogP contribution in [0.3, 0.4) is 0 Å². The number of carboxylic acids is 2. The smallest absolute Gasteiger partial charge is 0.414 e. The Balaban J connectivity index is 0.000000501. The van der Waals surface area contributed by atoms with Crippen molar-refractivity contribution in [3.8, 4) is 0 Å². The Kier molecular flexibility index (Phi) is 8.13. The van der Waals surface area contributed by atoms with Gasteiger partial charge in [0.2, 0.25) is 10.0 Å². The van der Waals surface area contributed by atoms with Crippen LogP contribution in [-0.4, -0.2) is 75.9 Å². The molecule has 0 aliphatic carbocycles. The number of nitrogens with zero attached hydrogens (tertiary/aromatic N) is 4. The topological polar surface area (TPSA) is 171 Å². The Morgan fingerprint density at radius 1 is 1.00 bits per heavy atom. The summed E-state index contributed by atoms with van der Waals surface area (Å²) in [7, 11) is -3.88. The van der Waals surface area contributed by atoms with Gasteiger partial charge in [-0.25, -0.2) is 18.0 Å². The summed E-state index contributed by atoms with van der Waals surface area (Å²) in [5.41, 5.74) is 0.728. The number of aliphatic carboxylic acids is 2. The molecule has 31 heavy (non-hydrogen) atoms. The number of nitro benzene ring substituents is 1. The van der Waals surface area contributed by atoms with Gasteiger partial charge in [-0.05, 0) is 23.8 Å². The van der Waals surface area contributed by atoms with E-state index in [2.05, 4.69) is 9.88 Å². The summed E-state index contributed by atoms with van der Waals surface area (Å²) >= 11 is 0. The van der Waals surface area contributed by atoms with Gasteiger partial charge in [0.25, 0.3) is 5.69 Å². The molecule has 2 N–H and O–H groups in total. The van der Waals surface area contributed by atoms with Crippen molar-refractivity contribution in [1.29, 1.82) is 0 Å². The lowest BCUT2D eigenvalue weighted by molar-refractivity contribution is -0.387. The third-order valence-electron chi connectivity index (χ3n) is 4.35. The third kappa shape index (κ3) is 6.53. The van der Waals surface area contributed by atoms with Crippen LogP contribution in [0.15, 0.2) is 53.7 Å². The number of pyridine rings is 1. The molecule has 1 saturated heterocycles. The molecule has 0 amide bonds. The number of carboxylic acid groups (broad SMARTS) is 2. The molecule has 166 valence electrons. The molecular formula is C18H20N4O8S. The molecule has 2 aromatic rings. The van der Waals surface area contributed by atoms with Crippen molar-refractivity contribution >= 4 is 27.6 Å².